The highest BCUT2D eigenvalue weighted by atomic mass is 16.7. The number of fused-ring (bicyclic) bond motifs is 4. The third-order valence-corrected chi connectivity index (χ3v) is 7.22. The number of aromatic hydroxyl groups is 3. The number of methoxy groups -OCH3 is 2. The number of ketones is 2. The maximum Gasteiger partial charge on any atom is 0.374 e. The van der Waals surface area contributed by atoms with Crippen molar-refractivity contribution in [1.82, 2.24) is 0 Å². The second-order valence-electron chi connectivity index (χ2n) is 9.31. The number of ether oxygens (including phenoxy) is 4. The van der Waals surface area contributed by atoms with Crippen LogP contribution in [0.4, 0.5) is 0 Å². The van der Waals surface area contributed by atoms with Gasteiger partial charge in [0.1, 0.15) is 17.2 Å². The minimum absolute atomic E-state index is 0.110. The molecule has 6 N–H and O–H groups in total. The SMILES string of the molecule is COC(=O)c1cc2cc3c(c(O)c2c(=O)o1)O[C@@]1(Oc2c(O)c4c(c(O)c2C1O)C(=O)C=C(OC)C4=O)C(O)C3O. The largest absolute Gasteiger partial charge is 0.507 e. The number of hydrogen-bond donors (Lipinski definition) is 6. The van der Waals surface area contributed by atoms with Crippen molar-refractivity contribution < 1.29 is 68.4 Å². The molecule has 1 aliphatic carbocycles. The molecule has 0 fully saturated rings. The average molecular weight is 570 g/mol. The topological polar surface area (TPSA) is 240 Å². The fraction of sp³-hybridized carbons (Fsp3) is 0.231. The second kappa shape index (κ2) is 8.44. The number of carbonyl (C=O) groups excluding carboxylic acids is 3. The number of aliphatic hydroxyl groups excluding tert-OH is 3. The van der Waals surface area contributed by atoms with Crippen LogP contribution in [0.5, 0.6) is 28.7 Å². The lowest BCUT2D eigenvalue weighted by molar-refractivity contribution is -0.260. The zero-order valence-corrected chi connectivity index (χ0v) is 20.8. The van der Waals surface area contributed by atoms with Crippen LogP contribution in [0.1, 0.15) is 54.6 Å². The highest BCUT2D eigenvalue weighted by molar-refractivity contribution is 6.26. The van der Waals surface area contributed by atoms with Crippen molar-refractivity contribution in [3.63, 3.8) is 0 Å². The molecule has 0 bridgehead atoms. The van der Waals surface area contributed by atoms with Crippen LogP contribution in [0, 0.1) is 0 Å². The molecule has 3 aliphatic rings. The lowest BCUT2D eigenvalue weighted by Crippen LogP contribution is -2.58. The molecule has 2 aromatic carbocycles. The van der Waals surface area contributed by atoms with Crippen molar-refractivity contribution >= 4 is 28.3 Å². The van der Waals surface area contributed by atoms with Gasteiger partial charge < -0.3 is 54.0 Å². The number of Topliss-reactive ketones (excluding diaryl/α,β-unsaturated/α-hetero) is 1. The van der Waals surface area contributed by atoms with Gasteiger partial charge in [0.05, 0.1) is 30.9 Å². The maximum atomic E-state index is 12.8. The van der Waals surface area contributed by atoms with E-state index in [1.165, 1.54) is 0 Å². The molecule has 15 nitrogen and oxygen atoms in total. The molecule has 0 radical (unpaired) electrons. The summed E-state index contributed by atoms with van der Waals surface area (Å²) < 4.78 is 25.5. The van der Waals surface area contributed by atoms with E-state index in [2.05, 4.69) is 4.74 Å². The predicted octanol–water partition coefficient (Wildman–Crippen LogP) is 0.215. The summed E-state index contributed by atoms with van der Waals surface area (Å²) in [7, 11) is 2.14. The first-order chi connectivity index (χ1) is 19.4. The van der Waals surface area contributed by atoms with Gasteiger partial charge in [-0.3, -0.25) is 9.59 Å². The Balaban J connectivity index is 1.54. The van der Waals surface area contributed by atoms with E-state index in [0.29, 0.717) is 0 Å². The zero-order chi connectivity index (χ0) is 29.7. The number of benzene rings is 2. The molecule has 1 spiro atoms. The minimum atomic E-state index is -2.80. The van der Waals surface area contributed by atoms with Crippen LogP contribution in [0.2, 0.25) is 0 Å². The summed E-state index contributed by atoms with van der Waals surface area (Å²) in [5.41, 5.74) is -3.60. The van der Waals surface area contributed by atoms with E-state index >= 15 is 0 Å². The Morgan fingerprint density at radius 1 is 0.927 bits per heavy atom. The number of esters is 1. The van der Waals surface area contributed by atoms with Gasteiger partial charge in [0, 0.05) is 11.6 Å². The van der Waals surface area contributed by atoms with Gasteiger partial charge in [-0.05, 0) is 17.5 Å². The van der Waals surface area contributed by atoms with Gasteiger partial charge in [-0.1, -0.05) is 0 Å². The van der Waals surface area contributed by atoms with Crippen molar-refractivity contribution in [3.8, 4) is 28.7 Å². The van der Waals surface area contributed by atoms with E-state index in [-0.39, 0.29) is 10.9 Å². The Morgan fingerprint density at radius 3 is 2.27 bits per heavy atom. The minimum Gasteiger partial charge on any atom is -0.507 e. The number of aliphatic hydroxyl groups is 3. The molecule has 4 atom stereocenters. The van der Waals surface area contributed by atoms with Gasteiger partial charge in [-0.15, -0.1) is 0 Å². The Morgan fingerprint density at radius 2 is 1.61 bits per heavy atom. The number of allylic oxidation sites excluding steroid dienone is 2. The normalized spacial score (nSPS) is 24.2. The first kappa shape index (κ1) is 26.1. The Bertz CT molecular complexity index is 1830. The fourth-order valence-electron chi connectivity index (χ4n) is 5.27. The molecule has 0 saturated heterocycles. The van der Waals surface area contributed by atoms with Crippen molar-refractivity contribution in [1.29, 1.82) is 0 Å². The lowest BCUT2D eigenvalue weighted by Gasteiger charge is -2.42. The molecular weight excluding hydrogens is 552 g/mol. The molecule has 6 rings (SSSR count). The first-order valence-corrected chi connectivity index (χ1v) is 11.7. The molecule has 15 heteroatoms. The van der Waals surface area contributed by atoms with Gasteiger partial charge in [-0.2, -0.15) is 0 Å². The van der Waals surface area contributed by atoms with E-state index in [0.717, 1.165) is 32.4 Å². The van der Waals surface area contributed by atoms with Crippen LogP contribution in [0.3, 0.4) is 0 Å². The number of phenolic OH excluding ortho intramolecular Hbond substituents is 3. The van der Waals surface area contributed by atoms with Crippen LogP contribution in [-0.2, 0) is 9.47 Å². The second-order valence-corrected chi connectivity index (χ2v) is 9.31. The molecule has 1 aromatic heterocycles. The number of carbonyl (C=O) groups is 3. The van der Waals surface area contributed by atoms with Gasteiger partial charge in [-0.25, -0.2) is 9.59 Å². The summed E-state index contributed by atoms with van der Waals surface area (Å²) in [4.78, 5) is 50.0. The van der Waals surface area contributed by atoms with Crippen molar-refractivity contribution in [2.45, 2.75) is 24.1 Å². The number of hydrogen-bond acceptors (Lipinski definition) is 15. The van der Waals surface area contributed by atoms with Crippen LogP contribution >= 0.6 is 0 Å². The van der Waals surface area contributed by atoms with Crippen LogP contribution in [0.15, 0.2) is 33.2 Å². The third-order valence-electron chi connectivity index (χ3n) is 7.22. The van der Waals surface area contributed by atoms with E-state index in [9.17, 15) is 49.8 Å². The zero-order valence-electron chi connectivity index (χ0n) is 20.8. The molecule has 212 valence electrons. The number of phenols is 3. The van der Waals surface area contributed by atoms with Crippen LogP contribution in [-0.4, -0.2) is 74.3 Å². The van der Waals surface area contributed by atoms with Gasteiger partial charge in [0.15, 0.2) is 46.7 Å². The summed E-state index contributed by atoms with van der Waals surface area (Å²) >= 11 is 0. The molecule has 3 aromatic rings. The monoisotopic (exact) mass is 570 g/mol. The Labute approximate surface area is 226 Å². The Hall–Kier alpha value is -5.12. The maximum absolute atomic E-state index is 12.8. The highest BCUT2D eigenvalue weighted by Crippen LogP contribution is 2.60. The molecule has 3 unspecified atom stereocenters. The van der Waals surface area contributed by atoms with E-state index in [1.807, 2.05) is 0 Å². The number of rotatable bonds is 2. The highest BCUT2D eigenvalue weighted by Gasteiger charge is 2.64. The van der Waals surface area contributed by atoms with Gasteiger partial charge in [0.2, 0.25) is 11.5 Å². The van der Waals surface area contributed by atoms with E-state index < -0.39 is 110 Å². The van der Waals surface area contributed by atoms with Crippen LogP contribution < -0.4 is 15.1 Å². The summed E-state index contributed by atoms with van der Waals surface area (Å²) in [5, 5.41) is 65.7. The smallest absolute Gasteiger partial charge is 0.374 e. The average Bonchev–Trinajstić information content (AvgIpc) is 3.24. The summed E-state index contributed by atoms with van der Waals surface area (Å²) in [6.07, 6.45) is -5.73. The summed E-state index contributed by atoms with van der Waals surface area (Å²) in [6, 6.07) is 2.14. The molecule has 41 heavy (non-hydrogen) atoms. The fourth-order valence-corrected chi connectivity index (χ4v) is 5.27. The van der Waals surface area contributed by atoms with Crippen molar-refractivity contribution in [3.05, 3.63) is 62.4 Å². The molecule has 3 heterocycles. The van der Waals surface area contributed by atoms with Crippen molar-refractivity contribution in [2.75, 3.05) is 14.2 Å². The van der Waals surface area contributed by atoms with E-state index in [4.69, 9.17) is 18.6 Å². The first-order valence-electron chi connectivity index (χ1n) is 11.7. The summed E-state index contributed by atoms with van der Waals surface area (Å²) in [6.45, 7) is 0. The molecule has 0 saturated carbocycles. The quantitative estimate of drug-likeness (QED) is 0.178. The Kier molecular flexibility index (Phi) is 5.38. The predicted molar refractivity (Wildman–Crippen MR) is 129 cm³/mol. The standard InChI is InChI=1S/C26H18O15/c1-37-9-5-8(27)12-13(16(9)29)19(32)21-14(17(12)30)22(33)26(41-21)23(34)15(28)7-3-6-4-10(24(35)38-2)39-25(36)11(6)18(31)20(7)40-26/h3-5,15,22-23,28,30-34H,1-2H3/t15?,22?,23?,26-/m0/s1. The van der Waals surface area contributed by atoms with E-state index in [1.54, 1.807) is 0 Å². The molecule has 2 aliphatic heterocycles. The third kappa shape index (κ3) is 3.18. The lowest BCUT2D eigenvalue weighted by atomic mass is 9.85. The van der Waals surface area contributed by atoms with Gasteiger partial charge in [0.25, 0.3) is 0 Å². The molecule has 0 amide bonds. The summed E-state index contributed by atoms with van der Waals surface area (Å²) in [5.74, 6) is -11.1. The van der Waals surface area contributed by atoms with Crippen molar-refractivity contribution in [2.24, 2.45) is 0 Å². The van der Waals surface area contributed by atoms with Crippen LogP contribution in [0.25, 0.3) is 10.8 Å². The van der Waals surface area contributed by atoms with Gasteiger partial charge >= 0.3 is 17.4 Å². The molecular formula is C26H18O15.